The van der Waals surface area contributed by atoms with Crippen molar-refractivity contribution in [1.82, 2.24) is 15.6 Å². The van der Waals surface area contributed by atoms with Gasteiger partial charge >= 0.3 is 0 Å². The Morgan fingerprint density at radius 3 is 2.62 bits per heavy atom. The lowest BCUT2D eigenvalue weighted by Crippen LogP contribution is -2.32. The van der Waals surface area contributed by atoms with E-state index in [2.05, 4.69) is 60.7 Å². The standard InChI is InChI=1S/C20H23BrN4O/c21-16-4-1-14(2-5-16)11-22-18-9-10-25(13-18)19-8-3-15(12-23-19)20(26)24-17-6-7-17/h1-5,8,12,17-18,22H,6-7,9-11,13H2,(H,24,26). The van der Waals surface area contributed by atoms with Crippen LogP contribution in [0.3, 0.4) is 0 Å². The summed E-state index contributed by atoms with van der Waals surface area (Å²) in [5.41, 5.74) is 1.93. The fourth-order valence-corrected chi connectivity index (χ4v) is 3.47. The second-order valence-corrected chi connectivity index (χ2v) is 8.01. The van der Waals surface area contributed by atoms with E-state index in [-0.39, 0.29) is 5.91 Å². The van der Waals surface area contributed by atoms with Gasteiger partial charge < -0.3 is 15.5 Å². The molecule has 2 fully saturated rings. The van der Waals surface area contributed by atoms with E-state index >= 15 is 0 Å². The molecule has 1 saturated heterocycles. The third kappa shape index (κ3) is 4.43. The summed E-state index contributed by atoms with van der Waals surface area (Å²) >= 11 is 3.47. The van der Waals surface area contributed by atoms with Crippen molar-refractivity contribution in [3.05, 3.63) is 58.2 Å². The first kappa shape index (κ1) is 17.5. The zero-order valence-electron chi connectivity index (χ0n) is 14.6. The molecular formula is C20H23BrN4O. The molecule has 1 saturated carbocycles. The molecule has 2 N–H and O–H groups in total. The number of nitrogens with zero attached hydrogens (tertiary/aromatic N) is 2. The Labute approximate surface area is 162 Å². The van der Waals surface area contributed by atoms with Crippen LogP contribution in [0.2, 0.25) is 0 Å². The van der Waals surface area contributed by atoms with Crippen molar-refractivity contribution in [2.75, 3.05) is 18.0 Å². The van der Waals surface area contributed by atoms with Crippen molar-refractivity contribution in [2.45, 2.75) is 37.9 Å². The maximum absolute atomic E-state index is 12.0. The van der Waals surface area contributed by atoms with Crippen molar-refractivity contribution in [3.8, 4) is 0 Å². The Bertz CT molecular complexity index is 758. The van der Waals surface area contributed by atoms with E-state index < -0.39 is 0 Å². The lowest BCUT2D eigenvalue weighted by Gasteiger charge is -2.18. The second-order valence-electron chi connectivity index (χ2n) is 7.09. The highest BCUT2D eigenvalue weighted by Gasteiger charge is 2.25. The first-order chi connectivity index (χ1) is 12.7. The number of pyridine rings is 1. The minimum absolute atomic E-state index is 0.0120. The molecule has 6 heteroatoms. The first-order valence-electron chi connectivity index (χ1n) is 9.17. The van der Waals surface area contributed by atoms with Gasteiger partial charge in [0.15, 0.2) is 0 Å². The van der Waals surface area contributed by atoms with Crippen LogP contribution < -0.4 is 15.5 Å². The van der Waals surface area contributed by atoms with E-state index in [1.807, 2.05) is 12.1 Å². The van der Waals surface area contributed by atoms with Crippen molar-refractivity contribution < 1.29 is 4.79 Å². The van der Waals surface area contributed by atoms with Crippen molar-refractivity contribution in [1.29, 1.82) is 0 Å². The molecule has 0 bridgehead atoms. The zero-order chi connectivity index (χ0) is 17.9. The molecule has 0 spiro atoms. The fraction of sp³-hybridized carbons (Fsp3) is 0.400. The third-order valence-electron chi connectivity index (χ3n) is 4.94. The summed E-state index contributed by atoms with van der Waals surface area (Å²) in [7, 11) is 0. The number of carbonyl (C=O) groups is 1. The van der Waals surface area contributed by atoms with Gasteiger partial charge in [-0.1, -0.05) is 28.1 Å². The van der Waals surface area contributed by atoms with Gasteiger partial charge in [0, 0.05) is 42.4 Å². The van der Waals surface area contributed by atoms with Gasteiger partial charge in [-0.15, -0.1) is 0 Å². The highest BCUT2D eigenvalue weighted by molar-refractivity contribution is 9.10. The van der Waals surface area contributed by atoms with Gasteiger partial charge in [-0.3, -0.25) is 4.79 Å². The van der Waals surface area contributed by atoms with E-state index in [1.54, 1.807) is 6.20 Å². The summed E-state index contributed by atoms with van der Waals surface area (Å²) in [6, 6.07) is 13.1. The van der Waals surface area contributed by atoms with Crippen LogP contribution in [0.1, 0.15) is 35.2 Å². The SMILES string of the molecule is O=C(NC1CC1)c1ccc(N2CCC(NCc3ccc(Br)cc3)C2)nc1. The first-order valence-corrected chi connectivity index (χ1v) is 9.96. The summed E-state index contributed by atoms with van der Waals surface area (Å²) in [4.78, 5) is 18.8. The van der Waals surface area contributed by atoms with Crippen molar-refractivity contribution >= 4 is 27.7 Å². The van der Waals surface area contributed by atoms with Gasteiger partial charge in [0.2, 0.25) is 0 Å². The minimum Gasteiger partial charge on any atom is -0.355 e. The number of hydrogen-bond donors (Lipinski definition) is 2. The van der Waals surface area contributed by atoms with Gasteiger partial charge in [-0.2, -0.15) is 0 Å². The monoisotopic (exact) mass is 414 g/mol. The van der Waals surface area contributed by atoms with Gasteiger partial charge in [0.05, 0.1) is 5.56 Å². The summed E-state index contributed by atoms with van der Waals surface area (Å²) < 4.78 is 1.11. The lowest BCUT2D eigenvalue weighted by atomic mass is 10.2. The molecule has 0 radical (unpaired) electrons. The Hall–Kier alpha value is -1.92. The average molecular weight is 415 g/mol. The second kappa shape index (κ2) is 7.76. The molecular weight excluding hydrogens is 392 g/mol. The van der Waals surface area contributed by atoms with E-state index in [9.17, 15) is 4.79 Å². The Balaban J connectivity index is 1.28. The number of halogens is 1. The van der Waals surface area contributed by atoms with E-state index in [1.165, 1.54) is 5.56 Å². The van der Waals surface area contributed by atoms with Crippen LogP contribution >= 0.6 is 15.9 Å². The number of nitrogens with one attached hydrogen (secondary N) is 2. The Morgan fingerprint density at radius 1 is 1.12 bits per heavy atom. The topological polar surface area (TPSA) is 57.3 Å². The number of aromatic nitrogens is 1. The fourth-order valence-electron chi connectivity index (χ4n) is 3.20. The van der Waals surface area contributed by atoms with Crippen LogP contribution in [-0.2, 0) is 6.54 Å². The molecule has 1 aliphatic heterocycles. The molecule has 136 valence electrons. The van der Waals surface area contributed by atoms with Crippen molar-refractivity contribution in [3.63, 3.8) is 0 Å². The maximum atomic E-state index is 12.0. The lowest BCUT2D eigenvalue weighted by molar-refractivity contribution is 0.0950. The number of hydrogen-bond acceptors (Lipinski definition) is 4. The van der Waals surface area contributed by atoms with Crippen LogP contribution in [-0.4, -0.2) is 36.1 Å². The molecule has 1 aliphatic carbocycles. The largest absolute Gasteiger partial charge is 0.355 e. The van der Waals surface area contributed by atoms with Gasteiger partial charge in [-0.25, -0.2) is 4.98 Å². The number of amides is 1. The highest BCUT2D eigenvalue weighted by atomic mass is 79.9. The van der Waals surface area contributed by atoms with Crippen LogP contribution in [0.4, 0.5) is 5.82 Å². The Morgan fingerprint density at radius 2 is 1.92 bits per heavy atom. The minimum atomic E-state index is -0.0120. The number of rotatable bonds is 6. The zero-order valence-corrected chi connectivity index (χ0v) is 16.2. The van der Waals surface area contributed by atoms with E-state index in [4.69, 9.17) is 0 Å². The van der Waals surface area contributed by atoms with Crippen LogP contribution in [0, 0.1) is 0 Å². The summed E-state index contributed by atoms with van der Waals surface area (Å²) in [5.74, 6) is 0.933. The predicted octanol–water partition coefficient (Wildman–Crippen LogP) is 3.10. The summed E-state index contributed by atoms with van der Waals surface area (Å²) in [5, 5.41) is 6.62. The Kier molecular flexibility index (Phi) is 5.22. The quantitative estimate of drug-likeness (QED) is 0.762. The molecule has 2 aliphatic rings. The summed E-state index contributed by atoms with van der Waals surface area (Å²) in [6.07, 6.45) is 4.98. The maximum Gasteiger partial charge on any atom is 0.253 e. The third-order valence-corrected chi connectivity index (χ3v) is 5.47. The molecule has 2 aromatic rings. The highest BCUT2D eigenvalue weighted by Crippen LogP contribution is 2.21. The molecule has 1 amide bonds. The van der Waals surface area contributed by atoms with Crippen LogP contribution in [0.5, 0.6) is 0 Å². The number of benzene rings is 1. The van der Waals surface area contributed by atoms with Crippen LogP contribution in [0.15, 0.2) is 47.1 Å². The van der Waals surface area contributed by atoms with Crippen LogP contribution in [0.25, 0.3) is 0 Å². The van der Waals surface area contributed by atoms with E-state index in [0.717, 1.165) is 49.2 Å². The van der Waals surface area contributed by atoms with Gasteiger partial charge in [-0.05, 0) is 49.1 Å². The molecule has 4 rings (SSSR count). The predicted molar refractivity (Wildman–Crippen MR) is 106 cm³/mol. The van der Waals surface area contributed by atoms with E-state index in [0.29, 0.717) is 17.6 Å². The average Bonchev–Trinajstić information content (AvgIpc) is 3.35. The van der Waals surface area contributed by atoms with Crippen molar-refractivity contribution in [2.24, 2.45) is 0 Å². The molecule has 1 aromatic heterocycles. The molecule has 5 nitrogen and oxygen atoms in total. The molecule has 1 unspecified atom stereocenters. The normalized spacial score (nSPS) is 19.6. The molecule has 26 heavy (non-hydrogen) atoms. The number of carbonyl (C=O) groups excluding carboxylic acids is 1. The molecule has 1 atom stereocenters. The van der Waals surface area contributed by atoms with Gasteiger partial charge in [0.25, 0.3) is 5.91 Å². The van der Waals surface area contributed by atoms with Gasteiger partial charge in [0.1, 0.15) is 5.82 Å². The summed E-state index contributed by atoms with van der Waals surface area (Å²) in [6.45, 7) is 2.80. The molecule has 2 heterocycles. The molecule has 1 aromatic carbocycles. The smallest absolute Gasteiger partial charge is 0.253 e. The number of anilines is 1.